The van der Waals surface area contributed by atoms with Crippen LogP contribution in [-0.2, 0) is 22.4 Å². The van der Waals surface area contributed by atoms with Crippen molar-refractivity contribution in [1.82, 2.24) is 9.29 Å². The molecule has 0 spiro atoms. The Balaban J connectivity index is 2.19. The maximum Gasteiger partial charge on any atom is 0.252 e. The van der Waals surface area contributed by atoms with Crippen LogP contribution >= 0.6 is 22.9 Å². The van der Waals surface area contributed by atoms with E-state index in [9.17, 15) is 8.42 Å². The first kappa shape index (κ1) is 14.5. The molecule has 0 aliphatic heterocycles. The van der Waals surface area contributed by atoms with Gasteiger partial charge in [0, 0.05) is 31.9 Å². The van der Waals surface area contributed by atoms with E-state index in [2.05, 4.69) is 4.98 Å². The standard InChI is InChI=1S/C12H13ClN2O2S2/c1-15(8-10-3-2-4-14-7-10)19(16,17)12-5-11(6-13)9-18-12/h2-5,7,9H,6,8H2,1H3. The van der Waals surface area contributed by atoms with Crippen LogP contribution in [0.3, 0.4) is 0 Å². The van der Waals surface area contributed by atoms with Gasteiger partial charge < -0.3 is 0 Å². The minimum atomic E-state index is -3.46. The molecular weight excluding hydrogens is 304 g/mol. The predicted octanol–water partition coefficient (Wildman–Crippen LogP) is 2.70. The van der Waals surface area contributed by atoms with Crippen molar-refractivity contribution < 1.29 is 8.42 Å². The van der Waals surface area contributed by atoms with Gasteiger partial charge in [-0.15, -0.1) is 22.9 Å². The third-order valence-electron chi connectivity index (χ3n) is 2.58. The van der Waals surface area contributed by atoms with Crippen LogP contribution in [0, 0.1) is 0 Å². The largest absolute Gasteiger partial charge is 0.264 e. The van der Waals surface area contributed by atoms with E-state index in [-0.39, 0.29) is 0 Å². The Kier molecular flexibility index (Phi) is 4.57. The molecule has 0 bridgehead atoms. The number of rotatable bonds is 5. The van der Waals surface area contributed by atoms with Gasteiger partial charge in [-0.3, -0.25) is 4.98 Å². The van der Waals surface area contributed by atoms with Crippen LogP contribution in [0.15, 0.2) is 40.2 Å². The second kappa shape index (κ2) is 6.00. The van der Waals surface area contributed by atoms with Crippen LogP contribution in [-0.4, -0.2) is 24.8 Å². The van der Waals surface area contributed by atoms with Gasteiger partial charge in [-0.2, -0.15) is 4.31 Å². The molecule has 19 heavy (non-hydrogen) atoms. The lowest BCUT2D eigenvalue weighted by Gasteiger charge is -2.15. The molecule has 0 saturated carbocycles. The molecule has 0 unspecified atom stereocenters. The maximum absolute atomic E-state index is 12.3. The Morgan fingerprint density at radius 1 is 1.42 bits per heavy atom. The summed E-state index contributed by atoms with van der Waals surface area (Å²) in [6.07, 6.45) is 3.31. The van der Waals surface area contributed by atoms with Crippen molar-refractivity contribution in [3.8, 4) is 0 Å². The van der Waals surface area contributed by atoms with Crippen molar-refractivity contribution in [2.45, 2.75) is 16.6 Å². The SMILES string of the molecule is CN(Cc1cccnc1)S(=O)(=O)c1cc(CCl)cs1. The van der Waals surface area contributed by atoms with Crippen molar-refractivity contribution in [2.24, 2.45) is 0 Å². The number of hydrogen-bond acceptors (Lipinski definition) is 4. The highest BCUT2D eigenvalue weighted by molar-refractivity contribution is 7.91. The highest BCUT2D eigenvalue weighted by Gasteiger charge is 2.22. The van der Waals surface area contributed by atoms with Crippen molar-refractivity contribution in [2.75, 3.05) is 7.05 Å². The van der Waals surface area contributed by atoms with Gasteiger partial charge in [0.1, 0.15) is 4.21 Å². The fourth-order valence-electron chi connectivity index (χ4n) is 1.55. The van der Waals surface area contributed by atoms with Crippen LogP contribution in [0.5, 0.6) is 0 Å². The normalized spacial score (nSPS) is 11.9. The lowest BCUT2D eigenvalue weighted by molar-refractivity contribution is 0.468. The number of alkyl halides is 1. The van der Waals surface area contributed by atoms with Crippen molar-refractivity contribution >= 4 is 33.0 Å². The summed E-state index contributed by atoms with van der Waals surface area (Å²) >= 11 is 6.88. The van der Waals surface area contributed by atoms with Crippen LogP contribution in [0.4, 0.5) is 0 Å². The first-order valence-electron chi connectivity index (χ1n) is 5.52. The van der Waals surface area contributed by atoms with E-state index in [0.29, 0.717) is 16.6 Å². The quantitative estimate of drug-likeness (QED) is 0.797. The molecule has 2 heterocycles. The van der Waals surface area contributed by atoms with E-state index < -0.39 is 10.0 Å². The molecular formula is C12H13ClN2O2S2. The smallest absolute Gasteiger partial charge is 0.252 e. The molecule has 2 rings (SSSR count). The highest BCUT2D eigenvalue weighted by atomic mass is 35.5. The van der Waals surface area contributed by atoms with E-state index in [4.69, 9.17) is 11.6 Å². The first-order chi connectivity index (χ1) is 9.04. The summed E-state index contributed by atoms with van der Waals surface area (Å²) in [7, 11) is -1.90. The molecule has 0 fully saturated rings. The molecule has 0 amide bonds. The van der Waals surface area contributed by atoms with Crippen LogP contribution in [0.25, 0.3) is 0 Å². The summed E-state index contributed by atoms with van der Waals surface area (Å²) in [5.41, 5.74) is 1.67. The van der Waals surface area contributed by atoms with Gasteiger partial charge in [-0.25, -0.2) is 8.42 Å². The van der Waals surface area contributed by atoms with E-state index >= 15 is 0 Å². The Hall–Kier alpha value is -0.950. The molecule has 2 aromatic heterocycles. The van der Waals surface area contributed by atoms with E-state index in [1.807, 2.05) is 6.07 Å². The zero-order chi connectivity index (χ0) is 13.9. The lowest BCUT2D eigenvalue weighted by Crippen LogP contribution is -2.25. The second-order valence-corrected chi connectivity index (χ2v) is 7.48. The van der Waals surface area contributed by atoms with Crippen molar-refractivity contribution in [3.05, 3.63) is 47.1 Å². The minimum Gasteiger partial charge on any atom is -0.264 e. The van der Waals surface area contributed by atoms with Gasteiger partial charge in [0.25, 0.3) is 10.0 Å². The third-order valence-corrected chi connectivity index (χ3v) is 6.15. The van der Waals surface area contributed by atoms with Gasteiger partial charge in [0.05, 0.1) is 0 Å². The lowest BCUT2D eigenvalue weighted by atomic mass is 10.3. The van der Waals surface area contributed by atoms with E-state index in [1.54, 1.807) is 37.0 Å². The number of aromatic nitrogens is 1. The fraction of sp³-hybridized carbons (Fsp3) is 0.250. The zero-order valence-electron chi connectivity index (χ0n) is 10.3. The first-order valence-corrected chi connectivity index (χ1v) is 8.38. The average Bonchev–Trinajstić information content (AvgIpc) is 2.89. The number of halogens is 1. The molecule has 0 aliphatic rings. The van der Waals surface area contributed by atoms with Crippen molar-refractivity contribution in [3.63, 3.8) is 0 Å². The Morgan fingerprint density at radius 2 is 2.21 bits per heavy atom. The molecule has 0 aromatic carbocycles. The maximum atomic E-state index is 12.3. The Morgan fingerprint density at radius 3 is 2.79 bits per heavy atom. The van der Waals surface area contributed by atoms with E-state index in [0.717, 1.165) is 11.1 Å². The molecule has 0 atom stereocenters. The Bertz CT molecular complexity index is 641. The fourth-order valence-corrected chi connectivity index (χ4v) is 4.37. The third kappa shape index (κ3) is 3.33. The van der Waals surface area contributed by atoms with Crippen LogP contribution in [0.1, 0.15) is 11.1 Å². The molecule has 7 heteroatoms. The molecule has 102 valence electrons. The van der Waals surface area contributed by atoms with Crippen LogP contribution in [0.2, 0.25) is 0 Å². The second-order valence-electron chi connectivity index (χ2n) is 4.03. The predicted molar refractivity (Wildman–Crippen MR) is 76.8 cm³/mol. The van der Waals surface area contributed by atoms with E-state index in [1.165, 1.54) is 15.6 Å². The highest BCUT2D eigenvalue weighted by Crippen LogP contribution is 2.24. The Labute approximate surface area is 121 Å². The average molecular weight is 317 g/mol. The minimum absolute atomic E-state index is 0.296. The summed E-state index contributed by atoms with van der Waals surface area (Å²) in [4.78, 5) is 3.97. The molecule has 2 aromatic rings. The van der Waals surface area contributed by atoms with Gasteiger partial charge in [0.2, 0.25) is 0 Å². The number of thiophene rings is 1. The van der Waals surface area contributed by atoms with Crippen LogP contribution < -0.4 is 0 Å². The molecule has 0 aliphatic carbocycles. The van der Waals surface area contributed by atoms with Gasteiger partial charge in [-0.1, -0.05) is 6.07 Å². The van der Waals surface area contributed by atoms with Crippen molar-refractivity contribution in [1.29, 1.82) is 0 Å². The summed E-state index contributed by atoms with van der Waals surface area (Å²) < 4.78 is 26.3. The monoisotopic (exact) mass is 316 g/mol. The zero-order valence-corrected chi connectivity index (χ0v) is 12.7. The molecule has 0 radical (unpaired) electrons. The summed E-state index contributed by atoms with van der Waals surface area (Å²) in [6.45, 7) is 0.296. The van der Waals surface area contributed by atoms with Gasteiger partial charge in [-0.05, 0) is 28.6 Å². The molecule has 4 nitrogen and oxygen atoms in total. The van der Waals surface area contributed by atoms with Gasteiger partial charge >= 0.3 is 0 Å². The van der Waals surface area contributed by atoms with Gasteiger partial charge in [0.15, 0.2) is 0 Å². The number of pyridine rings is 1. The summed E-state index contributed by atoms with van der Waals surface area (Å²) in [6, 6.07) is 5.25. The number of hydrogen-bond donors (Lipinski definition) is 0. The summed E-state index contributed by atoms with van der Waals surface area (Å²) in [5, 5.41) is 1.76. The summed E-state index contributed by atoms with van der Waals surface area (Å²) in [5.74, 6) is 0.318. The number of sulfonamides is 1. The number of nitrogens with zero attached hydrogens (tertiary/aromatic N) is 2. The molecule has 0 N–H and O–H groups in total. The molecule has 0 saturated heterocycles. The topological polar surface area (TPSA) is 50.3 Å².